The van der Waals surface area contributed by atoms with Crippen LogP contribution in [-0.4, -0.2) is 47.0 Å². The van der Waals surface area contributed by atoms with Crippen LogP contribution < -0.4 is 16.1 Å². The van der Waals surface area contributed by atoms with Gasteiger partial charge in [0.25, 0.3) is 0 Å². The van der Waals surface area contributed by atoms with E-state index in [4.69, 9.17) is 0 Å². The zero-order valence-corrected chi connectivity index (χ0v) is 16.1. The number of nitrogens with one attached hydrogen (secondary N) is 3. The maximum Gasteiger partial charge on any atom is 0.247 e. The molecule has 2 fully saturated rings. The third-order valence-electron chi connectivity index (χ3n) is 6.54. The molecule has 1 aromatic rings. The molecule has 4 aliphatic heterocycles. The molecule has 0 saturated carbocycles. The van der Waals surface area contributed by atoms with E-state index in [1.54, 1.807) is 6.08 Å². The summed E-state index contributed by atoms with van der Waals surface area (Å²) in [5.74, 6) is 0.0619. The monoisotopic (exact) mass is 381 g/mol. The maximum absolute atomic E-state index is 13.4. The molecule has 0 bridgehead atoms. The fraction of sp³-hybridized carbons (Fsp3) is 0.524. The van der Waals surface area contributed by atoms with Crippen LogP contribution in [0.5, 0.6) is 0 Å². The van der Waals surface area contributed by atoms with Crippen molar-refractivity contribution in [3.8, 4) is 0 Å². The number of fused-ring (bicyclic) bond motifs is 2. The Morgan fingerprint density at radius 3 is 2.46 bits per heavy atom. The molecule has 5 rings (SSSR count). The first kappa shape index (κ1) is 17.7. The summed E-state index contributed by atoms with van der Waals surface area (Å²) in [5.41, 5.74) is 6.95. The van der Waals surface area contributed by atoms with Crippen LogP contribution in [0.3, 0.4) is 0 Å². The van der Waals surface area contributed by atoms with E-state index >= 15 is 0 Å². The van der Waals surface area contributed by atoms with Crippen molar-refractivity contribution in [2.75, 3.05) is 13.1 Å². The van der Waals surface area contributed by atoms with E-state index < -0.39 is 0 Å². The van der Waals surface area contributed by atoms with Gasteiger partial charge in [0.2, 0.25) is 11.8 Å². The van der Waals surface area contributed by atoms with Crippen LogP contribution in [0.15, 0.2) is 36.0 Å². The van der Waals surface area contributed by atoms with Crippen molar-refractivity contribution in [2.45, 2.75) is 45.1 Å². The number of hydrogen-bond acceptors (Lipinski definition) is 5. The molecular weight excluding hydrogens is 354 g/mol. The lowest BCUT2D eigenvalue weighted by Gasteiger charge is -2.39. The second-order valence-corrected chi connectivity index (χ2v) is 8.32. The lowest BCUT2D eigenvalue weighted by Crippen LogP contribution is -2.56. The number of benzene rings is 1. The van der Waals surface area contributed by atoms with Gasteiger partial charge in [0.1, 0.15) is 6.17 Å². The van der Waals surface area contributed by atoms with Crippen molar-refractivity contribution in [3.63, 3.8) is 0 Å². The molecule has 1 aromatic carbocycles. The van der Waals surface area contributed by atoms with E-state index in [1.165, 1.54) is 11.1 Å². The van der Waals surface area contributed by atoms with E-state index in [9.17, 15) is 9.59 Å². The van der Waals surface area contributed by atoms with Crippen molar-refractivity contribution in [3.05, 3.63) is 47.2 Å². The standard InChI is InChI=1S/C21H27N5O2/c1-13-19(21(28)25-11-15-4-2-3-5-16(15)12-25)20-23-18(27)10-17(26(20)24-13)14-6-8-22-9-7-14/h2-5,10,13-14,19-20,22,24H,6-9,11-12H2,1H3,(H,23,27). The summed E-state index contributed by atoms with van der Waals surface area (Å²) >= 11 is 0. The van der Waals surface area contributed by atoms with Gasteiger partial charge in [0, 0.05) is 36.8 Å². The van der Waals surface area contributed by atoms with E-state index in [1.807, 2.05) is 24.0 Å². The van der Waals surface area contributed by atoms with Crippen molar-refractivity contribution >= 4 is 11.8 Å². The number of carbonyl (C=O) groups excluding carboxylic acids is 2. The summed E-state index contributed by atoms with van der Waals surface area (Å²) < 4.78 is 0. The topological polar surface area (TPSA) is 76.7 Å². The van der Waals surface area contributed by atoms with Crippen molar-refractivity contribution < 1.29 is 9.59 Å². The summed E-state index contributed by atoms with van der Waals surface area (Å²) in [6.07, 6.45) is 3.41. The van der Waals surface area contributed by atoms with Gasteiger partial charge in [-0.15, -0.1) is 0 Å². The summed E-state index contributed by atoms with van der Waals surface area (Å²) in [5, 5.41) is 8.48. The van der Waals surface area contributed by atoms with Crippen LogP contribution in [0.4, 0.5) is 0 Å². The van der Waals surface area contributed by atoms with Crippen LogP contribution in [0, 0.1) is 11.8 Å². The highest BCUT2D eigenvalue weighted by molar-refractivity contribution is 5.91. The van der Waals surface area contributed by atoms with E-state index in [2.05, 4.69) is 33.2 Å². The second kappa shape index (κ2) is 6.90. The number of amides is 2. The van der Waals surface area contributed by atoms with Crippen LogP contribution in [0.1, 0.15) is 30.9 Å². The molecule has 0 aliphatic carbocycles. The molecule has 0 radical (unpaired) electrons. The zero-order valence-electron chi connectivity index (χ0n) is 16.1. The van der Waals surface area contributed by atoms with Crippen LogP contribution >= 0.6 is 0 Å². The van der Waals surface area contributed by atoms with Gasteiger partial charge in [0.15, 0.2) is 0 Å². The molecule has 3 atom stereocenters. The van der Waals surface area contributed by atoms with Crippen LogP contribution in [0.25, 0.3) is 0 Å². The zero-order chi connectivity index (χ0) is 19.3. The SMILES string of the molecule is CC1NN2C(C3CCNCC3)=CC(=O)NC2C1C(=O)N1Cc2ccccc2C1. The summed E-state index contributed by atoms with van der Waals surface area (Å²) in [6, 6.07) is 8.18. The minimum Gasteiger partial charge on any atom is -0.334 e. The molecular formula is C21H27N5O2. The highest BCUT2D eigenvalue weighted by atomic mass is 16.2. The Kier molecular flexibility index (Phi) is 4.36. The Labute approximate surface area is 165 Å². The quantitative estimate of drug-likeness (QED) is 0.703. The smallest absolute Gasteiger partial charge is 0.247 e. The van der Waals surface area contributed by atoms with E-state index in [0.29, 0.717) is 19.0 Å². The fourth-order valence-electron chi connectivity index (χ4n) is 5.08. The van der Waals surface area contributed by atoms with Crippen molar-refractivity contribution in [2.24, 2.45) is 11.8 Å². The highest BCUT2D eigenvalue weighted by Crippen LogP contribution is 2.35. The highest BCUT2D eigenvalue weighted by Gasteiger charge is 2.49. The number of hydrazine groups is 1. The summed E-state index contributed by atoms with van der Waals surface area (Å²) in [6.45, 7) is 5.26. The average molecular weight is 381 g/mol. The van der Waals surface area contributed by atoms with Crippen molar-refractivity contribution in [1.82, 2.24) is 26.0 Å². The molecule has 2 amide bonds. The first-order valence-electron chi connectivity index (χ1n) is 10.3. The largest absolute Gasteiger partial charge is 0.334 e. The first-order chi connectivity index (χ1) is 13.6. The summed E-state index contributed by atoms with van der Waals surface area (Å²) in [4.78, 5) is 27.8. The molecule has 7 nitrogen and oxygen atoms in total. The lowest BCUT2D eigenvalue weighted by atomic mass is 9.91. The normalized spacial score (nSPS) is 30.0. The van der Waals surface area contributed by atoms with Gasteiger partial charge >= 0.3 is 0 Å². The molecule has 0 spiro atoms. The Morgan fingerprint density at radius 2 is 1.79 bits per heavy atom. The lowest BCUT2D eigenvalue weighted by molar-refractivity contribution is -0.138. The van der Waals surface area contributed by atoms with Gasteiger partial charge < -0.3 is 15.5 Å². The van der Waals surface area contributed by atoms with Gasteiger partial charge in [-0.05, 0) is 44.0 Å². The van der Waals surface area contributed by atoms with Crippen LogP contribution in [0.2, 0.25) is 0 Å². The second-order valence-electron chi connectivity index (χ2n) is 8.32. The van der Waals surface area contributed by atoms with Gasteiger partial charge in [0.05, 0.1) is 5.92 Å². The van der Waals surface area contributed by atoms with Gasteiger partial charge in [-0.2, -0.15) is 0 Å². The number of rotatable bonds is 2. The predicted octanol–water partition coefficient (Wildman–Crippen LogP) is 0.693. The van der Waals surface area contributed by atoms with E-state index in [0.717, 1.165) is 31.6 Å². The average Bonchev–Trinajstić information content (AvgIpc) is 3.28. The Bertz CT molecular complexity index is 807. The number of piperidine rings is 1. The van der Waals surface area contributed by atoms with Gasteiger partial charge in [-0.3, -0.25) is 14.6 Å². The minimum absolute atomic E-state index is 0.0373. The number of nitrogens with zero attached hydrogens (tertiary/aromatic N) is 2. The Morgan fingerprint density at radius 1 is 1.11 bits per heavy atom. The Balaban J connectivity index is 1.38. The third kappa shape index (κ3) is 2.89. The molecule has 4 heterocycles. The van der Waals surface area contributed by atoms with Crippen LogP contribution in [-0.2, 0) is 22.7 Å². The molecule has 0 aromatic heterocycles. The molecule has 2 saturated heterocycles. The van der Waals surface area contributed by atoms with Crippen molar-refractivity contribution in [1.29, 1.82) is 0 Å². The first-order valence-corrected chi connectivity index (χ1v) is 10.3. The third-order valence-corrected chi connectivity index (χ3v) is 6.54. The molecule has 148 valence electrons. The fourth-order valence-corrected chi connectivity index (χ4v) is 5.08. The molecule has 3 N–H and O–H groups in total. The molecule has 4 aliphatic rings. The number of allylic oxidation sites excluding steroid dienone is 1. The maximum atomic E-state index is 13.4. The minimum atomic E-state index is -0.325. The van der Waals surface area contributed by atoms with Gasteiger partial charge in [-0.1, -0.05) is 24.3 Å². The molecule has 28 heavy (non-hydrogen) atoms. The molecule has 7 heteroatoms. The molecule has 3 unspecified atom stereocenters. The number of carbonyl (C=O) groups is 2. The number of hydrogen-bond donors (Lipinski definition) is 3. The Hall–Kier alpha value is -2.38. The predicted molar refractivity (Wildman–Crippen MR) is 104 cm³/mol. The summed E-state index contributed by atoms with van der Waals surface area (Å²) in [7, 11) is 0. The van der Waals surface area contributed by atoms with E-state index in [-0.39, 0.29) is 29.9 Å². The van der Waals surface area contributed by atoms with Gasteiger partial charge in [-0.25, -0.2) is 5.43 Å².